The Morgan fingerprint density at radius 2 is 2.00 bits per heavy atom. The number of amides is 1. The summed E-state index contributed by atoms with van der Waals surface area (Å²) >= 11 is 5.60. The smallest absolute Gasteiger partial charge is 0.341 e. The molecule has 0 aliphatic rings. The molecule has 8 nitrogen and oxygen atoms in total. The van der Waals surface area contributed by atoms with Gasteiger partial charge < -0.3 is 14.8 Å². The number of nitro benzene ring substituents is 1. The van der Waals surface area contributed by atoms with Crippen molar-refractivity contribution in [3.05, 3.63) is 62.4 Å². The van der Waals surface area contributed by atoms with Gasteiger partial charge in [-0.2, -0.15) is 0 Å². The largest absolute Gasteiger partial charge is 0.490 e. The predicted molar refractivity (Wildman–Crippen MR) is 94.7 cm³/mol. The molecule has 2 rings (SSSR count). The van der Waals surface area contributed by atoms with Gasteiger partial charge in [0.25, 0.3) is 5.91 Å². The molecular weight excluding hydrogens is 383 g/mol. The molecule has 2 aromatic rings. The molecule has 27 heavy (non-hydrogen) atoms. The molecule has 0 spiro atoms. The fraction of sp³-hybridized carbons (Fsp3) is 0.176. The second-order valence-corrected chi connectivity index (χ2v) is 5.78. The molecule has 0 aromatic heterocycles. The zero-order valence-electron chi connectivity index (χ0n) is 14.2. The van der Waals surface area contributed by atoms with Gasteiger partial charge in [-0.25, -0.2) is 9.18 Å². The number of halogens is 2. The second kappa shape index (κ2) is 8.45. The van der Waals surface area contributed by atoms with E-state index in [1.165, 1.54) is 25.3 Å². The third kappa shape index (κ3) is 4.91. The summed E-state index contributed by atoms with van der Waals surface area (Å²) in [5.41, 5.74) is 0.0418. The number of benzene rings is 2. The van der Waals surface area contributed by atoms with Crippen LogP contribution < -0.4 is 10.1 Å². The van der Waals surface area contributed by atoms with Crippen LogP contribution in [-0.2, 0) is 9.53 Å². The highest BCUT2D eigenvalue weighted by Crippen LogP contribution is 2.32. The van der Waals surface area contributed by atoms with Gasteiger partial charge in [0.05, 0.1) is 17.6 Å². The van der Waals surface area contributed by atoms with Crippen molar-refractivity contribution in [2.75, 3.05) is 19.0 Å². The summed E-state index contributed by atoms with van der Waals surface area (Å²) in [5.74, 6) is -2.65. The molecule has 0 aliphatic carbocycles. The number of esters is 1. The number of carbonyl (C=O) groups excluding carboxylic acids is 2. The van der Waals surface area contributed by atoms with Gasteiger partial charge in [-0.1, -0.05) is 11.6 Å². The van der Waals surface area contributed by atoms with E-state index in [9.17, 15) is 24.1 Å². The van der Waals surface area contributed by atoms with Crippen LogP contribution in [0.15, 0.2) is 30.3 Å². The van der Waals surface area contributed by atoms with E-state index in [4.69, 9.17) is 21.1 Å². The highest BCUT2D eigenvalue weighted by atomic mass is 35.5. The lowest BCUT2D eigenvalue weighted by Crippen LogP contribution is -2.21. The van der Waals surface area contributed by atoms with Crippen LogP contribution in [0.2, 0.25) is 5.02 Å². The number of methoxy groups -OCH3 is 1. The normalized spacial score (nSPS) is 10.2. The Morgan fingerprint density at radius 1 is 1.30 bits per heavy atom. The molecule has 1 N–H and O–H groups in total. The Hall–Kier alpha value is -3.20. The Kier molecular flexibility index (Phi) is 6.30. The Bertz CT molecular complexity index is 919. The number of nitrogens with one attached hydrogen (secondary N) is 1. The van der Waals surface area contributed by atoms with Gasteiger partial charge in [-0.15, -0.1) is 0 Å². The van der Waals surface area contributed by atoms with Crippen molar-refractivity contribution in [1.82, 2.24) is 0 Å². The fourth-order valence-corrected chi connectivity index (χ4v) is 2.32. The first kappa shape index (κ1) is 20.1. The van der Waals surface area contributed by atoms with Crippen LogP contribution in [0.1, 0.15) is 15.9 Å². The van der Waals surface area contributed by atoms with Crippen LogP contribution >= 0.6 is 11.6 Å². The molecule has 142 valence electrons. The fourth-order valence-electron chi connectivity index (χ4n) is 2.16. The van der Waals surface area contributed by atoms with Gasteiger partial charge >= 0.3 is 11.7 Å². The summed E-state index contributed by atoms with van der Waals surface area (Å²) in [6.45, 7) is 0.872. The number of anilines is 1. The van der Waals surface area contributed by atoms with Crippen LogP contribution in [0, 0.1) is 22.9 Å². The highest BCUT2D eigenvalue weighted by Gasteiger charge is 2.19. The van der Waals surface area contributed by atoms with Crippen molar-refractivity contribution in [3.8, 4) is 5.75 Å². The first-order valence-corrected chi connectivity index (χ1v) is 7.85. The van der Waals surface area contributed by atoms with E-state index in [1.54, 1.807) is 6.92 Å². The van der Waals surface area contributed by atoms with Crippen molar-refractivity contribution in [2.24, 2.45) is 0 Å². The van der Waals surface area contributed by atoms with Gasteiger partial charge in [0.1, 0.15) is 5.82 Å². The molecule has 0 fully saturated rings. The summed E-state index contributed by atoms with van der Waals surface area (Å²) < 4.78 is 23.4. The van der Waals surface area contributed by atoms with E-state index in [-0.39, 0.29) is 27.7 Å². The van der Waals surface area contributed by atoms with Crippen molar-refractivity contribution in [3.63, 3.8) is 0 Å². The average molecular weight is 397 g/mol. The standard InChI is InChI=1S/C17H14ClFN2O6/c1-9-5-14(21(24)25)15(26-2)7-13(9)20-16(22)8-27-17(23)11-4-3-10(18)6-12(11)19/h3-7H,8H2,1-2H3,(H,20,22). The van der Waals surface area contributed by atoms with Gasteiger partial charge in [-0.05, 0) is 30.7 Å². The maximum atomic E-state index is 13.7. The van der Waals surface area contributed by atoms with E-state index >= 15 is 0 Å². The number of hydrogen-bond acceptors (Lipinski definition) is 6. The maximum absolute atomic E-state index is 13.7. The number of hydrogen-bond donors (Lipinski definition) is 1. The van der Waals surface area contributed by atoms with Gasteiger partial charge in [-0.3, -0.25) is 14.9 Å². The first-order chi connectivity index (χ1) is 12.7. The summed E-state index contributed by atoms with van der Waals surface area (Å²) in [5, 5.41) is 13.5. The van der Waals surface area contributed by atoms with Crippen LogP contribution in [0.25, 0.3) is 0 Å². The maximum Gasteiger partial charge on any atom is 0.341 e. The van der Waals surface area contributed by atoms with E-state index in [0.29, 0.717) is 5.56 Å². The zero-order chi connectivity index (χ0) is 20.1. The minimum absolute atomic E-state index is 0.0406. The first-order valence-electron chi connectivity index (χ1n) is 7.48. The minimum atomic E-state index is -1.03. The van der Waals surface area contributed by atoms with Crippen molar-refractivity contribution < 1.29 is 28.4 Å². The number of ether oxygens (including phenoxy) is 2. The summed E-state index contributed by atoms with van der Waals surface area (Å²) in [7, 11) is 1.26. The molecule has 0 aliphatic heterocycles. The minimum Gasteiger partial charge on any atom is -0.490 e. The molecular formula is C17H14ClFN2O6. The monoisotopic (exact) mass is 396 g/mol. The Balaban J connectivity index is 2.05. The Morgan fingerprint density at radius 3 is 2.59 bits per heavy atom. The third-order valence-electron chi connectivity index (χ3n) is 3.48. The second-order valence-electron chi connectivity index (χ2n) is 5.34. The van der Waals surface area contributed by atoms with Crippen LogP contribution in [0.4, 0.5) is 15.8 Å². The number of carbonyl (C=O) groups is 2. The molecule has 1 amide bonds. The molecule has 0 atom stereocenters. The van der Waals surface area contributed by atoms with Crippen LogP contribution in [0.5, 0.6) is 5.75 Å². The number of aryl methyl sites for hydroxylation is 1. The number of nitrogens with zero attached hydrogens (tertiary/aromatic N) is 1. The lowest BCUT2D eigenvalue weighted by molar-refractivity contribution is -0.385. The van der Waals surface area contributed by atoms with E-state index in [2.05, 4.69) is 5.32 Å². The third-order valence-corrected chi connectivity index (χ3v) is 3.72. The molecule has 0 bridgehead atoms. The number of nitro groups is 1. The quantitative estimate of drug-likeness (QED) is 0.455. The zero-order valence-corrected chi connectivity index (χ0v) is 15.0. The van der Waals surface area contributed by atoms with Crippen molar-refractivity contribution >= 4 is 34.9 Å². The van der Waals surface area contributed by atoms with Crippen LogP contribution in [0.3, 0.4) is 0 Å². The van der Waals surface area contributed by atoms with Gasteiger partial charge in [0, 0.05) is 22.8 Å². The van der Waals surface area contributed by atoms with Crippen molar-refractivity contribution in [2.45, 2.75) is 6.92 Å². The molecule has 0 heterocycles. The SMILES string of the molecule is COc1cc(NC(=O)COC(=O)c2ccc(Cl)cc2F)c(C)cc1[N+](=O)[O-]. The molecule has 0 saturated carbocycles. The van der Waals surface area contributed by atoms with E-state index in [1.807, 2.05) is 0 Å². The summed E-state index contributed by atoms with van der Waals surface area (Å²) in [4.78, 5) is 34.2. The average Bonchev–Trinajstić information content (AvgIpc) is 2.60. The van der Waals surface area contributed by atoms with E-state index < -0.39 is 29.2 Å². The molecule has 0 unspecified atom stereocenters. The molecule has 10 heteroatoms. The van der Waals surface area contributed by atoms with Gasteiger partial charge in [0.15, 0.2) is 12.4 Å². The topological polar surface area (TPSA) is 108 Å². The van der Waals surface area contributed by atoms with Crippen molar-refractivity contribution in [1.29, 1.82) is 0 Å². The summed E-state index contributed by atoms with van der Waals surface area (Å²) in [6.07, 6.45) is 0. The van der Waals surface area contributed by atoms with Gasteiger partial charge in [0.2, 0.25) is 0 Å². The van der Waals surface area contributed by atoms with E-state index in [0.717, 1.165) is 12.1 Å². The highest BCUT2D eigenvalue weighted by molar-refractivity contribution is 6.30. The lowest BCUT2D eigenvalue weighted by atomic mass is 10.1. The Labute approximate surface area is 158 Å². The number of rotatable bonds is 6. The summed E-state index contributed by atoms with van der Waals surface area (Å²) in [6, 6.07) is 5.93. The molecule has 2 aromatic carbocycles. The molecule has 0 saturated heterocycles. The molecule has 0 radical (unpaired) electrons. The van der Waals surface area contributed by atoms with Crippen LogP contribution in [-0.4, -0.2) is 30.5 Å². The predicted octanol–water partition coefficient (Wildman–Crippen LogP) is 3.50. The lowest BCUT2D eigenvalue weighted by Gasteiger charge is -2.11.